The lowest BCUT2D eigenvalue weighted by molar-refractivity contribution is -0.161. The molecule has 0 rings (SSSR count). The Hall–Kier alpha value is -2.59. The van der Waals surface area contributed by atoms with E-state index in [1.54, 1.807) is 0 Å². The van der Waals surface area contributed by atoms with Crippen molar-refractivity contribution >= 4 is 19.8 Å². The predicted molar refractivity (Wildman–Crippen MR) is 223 cm³/mol. The van der Waals surface area contributed by atoms with Crippen LogP contribution in [0.15, 0.2) is 72.9 Å². The molecule has 55 heavy (non-hydrogen) atoms. The SMILES string of the molecule is CC/C=C\C/C=C\C/C=C\CCCCCCCC(=O)OC[C@H](COP(=O)(O)OC[C@@H](O)CO)OC(=O)CCCCCC/C=C\C/C=C\C/C=C\CCCCC. The third kappa shape index (κ3) is 39.4. The van der Waals surface area contributed by atoms with Gasteiger partial charge in [0.1, 0.15) is 12.7 Å². The predicted octanol–water partition coefficient (Wildman–Crippen LogP) is 10.9. The van der Waals surface area contributed by atoms with Gasteiger partial charge in [0.05, 0.1) is 19.8 Å². The van der Waals surface area contributed by atoms with Crippen molar-refractivity contribution in [3.05, 3.63) is 72.9 Å². The lowest BCUT2D eigenvalue weighted by atomic mass is 10.1. The standard InChI is InChI=1S/C44H75O10P/c1-3-5-7-9-11-13-15-17-19-20-22-24-26-28-30-32-34-36-44(48)54-42(40-53-55(49,50)52-38-41(46)37-45)39-51-43(47)35-33-31-29-27-25-23-21-18-16-14-12-10-8-6-4-2/h6,8,11-14,17-19,21-22,24,41-42,45-46H,3-5,7,9-10,15-16,20,23,25-40H2,1-2H3,(H,49,50)/b8-6-,13-11-,14-12-,19-17-,21-18-,24-22-/t41-,42+/m0/s1. The molecule has 0 amide bonds. The molecule has 0 spiro atoms. The van der Waals surface area contributed by atoms with Crippen molar-refractivity contribution in [2.45, 2.75) is 167 Å². The van der Waals surface area contributed by atoms with Gasteiger partial charge in [0, 0.05) is 12.8 Å². The molecule has 0 fully saturated rings. The van der Waals surface area contributed by atoms with E-state index in [0.29, 0.717) is 12.8 Å². The molecule has 0 aliphatic carbocycles. The van der Waals surface area contributed by atoms with Crippen molar-refractivity contribution in [3.63, 3.8) is 0 Å². The maximum Gasteiger partial charge on any atom is 0.472 e. The summed E-state index contributed by atoms with van der Waals surface area (Å²) >= 11 is 0. The topological polar surface area (TPSA) is 149 Å². The first kappa shape index (κ1) is 52.4. The largest absolute Gasteiger partial charge is 0.472 e. The van der Waals surface area contributed by atoms with Crippen LogP contribution in [0.4, 0.5) is 0 Å². The van der Waals surface area contributed by atoms with Gasteiger partial charge in [0.15, 0.2) is 6.10 Å². The van der Waals surface area contributed by atoms with Gasteiger partial charge in [-0.15, -0.1) is 0 Å². The van der Waals surface area contributed by atoms with Crippen LogP contribution >= 0.6 is 7.82 Å². The molecule has 316 valence electrons. The van der Waals surface area contributed by atoms with Crippen LogP contribution in [-0.2, 0) is 32.7 Å². The van der Waals surface area contributed by atoms with Crippen molar-refractivity contribution in [1.29, 1.82) is 0 Å². The number of unbranched alkanes of at least 4 members (excludes halogenated alkanes) is 12. The maximum absolute atomic E-state index is 12.6. The van der Waals surface area contributed by atoms with Gasteiger partial charge in [0.2, 0.25) is 0 Å². The summed E-state index contributed by atoms with van der Waals surface area (Å²) in [5, 5.41) is 18.3. The smallest absolute Gasteiger partial charge is 0.462 e. The molecule has 0 heterocycles. The second-order valence-electron chi connectivity index (χ2n) is 13.6. The van der Waals surface area contributed by atoms with Crippen LogP contribution in [0.2, 0.25) is 0 Å². The average Bonchev–Trinajstić information content (AvgIpc) is 3.17. The molecule has 0 bridgehead atoms. The Labute approximate surface area is 333 Å². The molecule has 3 atom stereocenters. The summed E-state index contributed by atoms with van der Waals surface area (Å²) in [6, 6.07) is 0. The van der Waals surface area contributed by atoms with Crippen LogP contribution in [0.1, 0.15) is 155 Å². The Morgan fingerprint density at radius 3 is 1.51 bits per heavy atom. The molecule has 0 aromatic carbocycles. The summed E-state index contributed by atoms with van der Waals surface area (Å²) in [4.78, 5) is 34.9. The van der Waals surface area contributed by atoms with Gasteiger partial charge in [0.25, 0.3) is 0 Å². The number of carbonyl (C=O) groups excluding carboxylic acids is 2. The fourth-order valence-electron chi connectivity index (χ4n) is 5.13. The zero-order valence-electron chi connectivity index (χ0n) is 34.1. The highest BCUT2D eigenvalue weighted by atomic mass is 31.2. The van der Waals surface area contributed by atoms with E-state index in [2.05, 4.69) is 91.3 Å². The molecule has 0 saturated carbocycles. The molecule has 0 aliphatic rings. The molecule has 3 N–H and O–H groups in total. The first-order valence-electron chi connectivity index (χ1n) is 20.9. The highest BCUT2D eigenvalue weighted by molar-refractivity contribution is 7.47. The van der Waals surface area contributed by atoms with E-state index in [4.69, 9.17) is 19.1 Å². The number of phosphoric acid groups is 1. The fraction of sp³-hybridized carbons (Fsp3) is 0.682. The minimum Gasteiger partial charge on any atom is -0.462 e. The van der Waals surface area contributed by atoms with Crippen LogP contribution in [0, 0.1) is 0 Å². The summed E-state index contributed by atoms with van der Waals surface area (Å²) in [5.74, 6) is -0.977. The Kier molecular flexibility index (Phi) is 37.8. The number of hydrogen-bond donors (Lipinski definition) is 3. The number of rotatable bonds is 38. The fourth-order valence-corrected chi connectivity index (χ4v) is 5.92. The lowest BCUT2D eigenvalue weighted by Crippen LogP contribution is -2.29. The Balaban J connectivity index is 4.41. The Bertz CT molecular complexity index is 1140. The van der Waals surface area contributed by atoms with E-state index in [0.717, 1.165) is 96.3 Å². The summed E-state index contributed by atoms with van der Waals surface area (Å²) in [7, 11) is -4.63. The van der Waals surface area contributed by atoms with Crippen LogP contribution in [0.25, 0.3) is 0 Å². The summed E-state index contributed by atoms with van der Waals surface area (Å²) < 4.78 is 32.6. The summed E-state index contributed by atoms with van der Waals surface area (Å²) in [6.07, 6.45) is 44.3. The molecule has 0 saturated heterocycles. The zero-order valence-corrected chi connectivity index (χ0v) is 35.0. The van der Waals surface area contributed by atoms with Crippen molar-refractivity contribution < 1.29 is 47.8 Å². The van der Waals surface area contributed by atoms with E-state index in [1.807, 2.05) is 0 Å². The Morgan fingerprint density at radius 1 is 0.564 bits per heavy atom. The summed E-state index contributed by atoms with van der Waals surface area (Å²) in [6.45, 7) is 2.17. The number of ether oxygens (including phenoxy) is 2. The van der Waals surface area contributed by atoms with Crippen molar-refractivity contribution in [2.75, 3.05) is 26.4 Å². The summed E-state index contributed by atoms with van der Waals surface area (Å²) in [5.41, 5.74) is 0. The van der Waals surface area contributed by atoms with Gasteiger partial charge in [-0.3, -0.25) is 18.6 Å². The highest BCUT2D eigenvalue weighted by Crippen LogP contribution is 2.43. The van der Waals surface area contributed by atoms with E-state index >= 15 is 0 Å². The number of carbonyl (C=O) groups is 2. The minimum atomic E-state index is -4.63. The lowest BCUT2D eigenvalue weighted by Gasteiger charge is -2.20. The average molecular weight is 795 g/mol. The highest BCUT2D eigenvalue weighted by Gasteiger charge is 2.27. The third-order valence-corrected chi connectivity index (χ3v) is 9.30. The van der Waals surface area contributed by atoms with E-state index in [1.165, 1.54) is 19.3 Å². The number of aliphatic hydroxyl groups is 2. The second kappa shape index (κ2) is 39.6. The number of hydrogen-bond acceptors (Lipinski definition) is 9. The van der Waals surface area contributed by atoms with Gasteiger partial charge >= 0.3 is 19.8 Å². The molecule has 11 heteroatoms. The monoisotopic (exact) mass is 795 g/mol. The maximum atomic E-state index is 12.6. The van der Waals surface area contributed by atoms with E-state index < -0.39 is 51.8 Å². The molecular weight excluding hydrogens is 719 g/mol. The van der Waals surface area contributed by atoms with E-state index in [-0.39, 0.29) is 19.4 Å². The zero-order chi connectivity index (χ0) is 40.5. The molecule has 0 aliphatic heterocycles. The number of aliphatic hydroxyl groups excluding tert-OH is 2. The quantitative estimate of drug-likeness (QED) is 0.0239. The Morgan fingerprint density at radius 2 is 1.00 bits per heavy atom. The van der Waals surface area contributed by atoms with E-state index in [9.17, 15) is 24.2 Å². The van der Waals surface area contributed by atoms with Crippen LogP contribution in [-0.4, -0.2) is 65.7 Å². The first-order chi connectivity index (χ1) is 26.7. The van der Waals surface area contributed by atoms with Gasteiger partial charge in [-0.2, -0.15) is 0 Å². The van der Waals surface area contributed by atoms with Gasteiger partial charge < -0.3 is 24.6 Å². The van der Waals surface area contributed by atoms with Crippen molar-refractivity contribution in [2.24, 2.45) is 0 Å². The molecule has 0 aromatic rings. The molecular formula is C44H75O10P. The number of phosphoric ester groups is 1. The van der Waals surface area contributed by atoms with Crippen LogP contribution in [0.5, 0.6) is 0 Å². The van der Waals surface area contributed by atoms with Crippen molar-refractivity contribution in [1.82, 2.24) is 0 Å². The molecule has 0 aromatic heterocycles. The van der Waals surface area contributed by atoms with Gasteiger partial charge in [-0.05, 0) is 83.5 Å². The first-order valence-corrected chi connectivity index (χ1v) is 22.4. The molecule has 0 radical (unpaired) electrons. The number of allylic oxidation sites excluding steroid dienone is 12. The van der Waals surface area contributed by atoms with Gasteiger partial charge in [-0.25, -0.2) is 4.57 Å². The normalized spacial score (nSPS) is 14.6. The van der Waals surface area contributed by atoms with Crippen LogP contribution < -0.4 is 0 Å². The van der Waals surface area contributed by atoms with Gasteiger partial charge in [-0.1, -0.05) is 132 Å². The molecule has 1 unspecified atom stereocenters. The third-order valence-electron chi connectivity index (χ3n) is 8.34. The number of esters is 2. The minimum absolute atomic E-state index is 0.151. The van der Waals surface area contributed by atoms with Crippen LogP contribution in [0.3, 0.4) is 0 Å². The molecule has 10 nitrogen and oxygen atoms in total. The second-order valence-corrected chi connectivity index (χ2v) is 15.1. The van der Waals surface area contributed by atoms with Crippen molar-refractivity contribution in [3.8, 4) is 0 Å².